The quantitative estimate of drug-likeness (QED) is 0.320. The third-order valence-electron chi connectivity index (χ3n) is 0.802. The zero-order valence-electron chi connectivity index (χ0n) is 4.93. The van der Waals surface area contributed by atoms with Gasteiger partial charge in [0.1, 0.15) is 5.83 Å². The van der Waals surface area contributed by atoms with Crippen LogP contribution in [-0.2, 0) is 4.79 Å². The largest absolute Gasteiger partial charge is 0.298 e. The second-order valence-corrected chi connectivity index (χ2v) is 1.33. The molecule has 0 aromatic heterocycles. The van der Waals surface area contributed by atoms with Crippen LogP contribution in [0.3, 0.4) is 0 Å². The monoisotopic (exact) mass is 126 g/mol. The average Bonchev–Trinajstić information content (AvgIpc) is 1.90. The molecule has 1 nitrogen and oxygen atoms in total. The van der Waals surface area contributed by atoms with E-state index >= 15 is 0 Å². The Kier molecular flexibility index (Phi) is 3.28. The molecule has 0 saturated heterocycles. The van der Waals surface area contributed by atoms with Crippen molar-refractivity contribution in [3.8, 4) is 0 Å². The minimum atomic E-state index is -0.639. The standard InChI is InChI=1S/C7H7FO/c1-3-6(5-9)7(8)4-2/h3-5H,1-2H2/b7-6-. The number of carbonyl (C=O) groups excluding carboxylic acids is 1. The molecule has 0 aliphatic heterocycles. The van der Waals surface area contributed by atoms with Gasteiger partial charge in [-0.1, -0.05) is 19.2 Å². The average molecular weight is 126 g/mol. The summed E-state index contributed by atoms with van der Waals surface area (Å²) in [6, 6.07) is 0. The van der Waals surface area contributed by atoms with E-state index in [-0.39, 0.29) is 5.57 Å². The Morgan fingerprint density at radius 2 is 1.89 bits per heavy atom. The van der Waals surface area contributed by atoms with E-state index in [1.165, 1.54) is 0 Å². The van der Waals surface area contributed by atoms with E-state index in [4.69, 9.17) is 0 Å². The normalized spacial score (nSPS) is 11.7. The van der Waals surface area contributed by atoms with Gasteiger partial charge < -0.3 is 0 Å². The van der Waals surface area contributed by atoms with E-state index in [2.05, 4.69) is 13.2 Å². The van der Waals surface area contributed by atoms with E-state index in [1.54, 1.807) is 0 Å². The summed E-state index contributed by atoms with van der Waals surface area (Å²) in [5, 5.41) is 0. The predicted molar refractivity (Wildman–Crippen MR) is 34.6 cm³/mol. The van der Waals surface area contributed by atoms with Crippen molar-refractivity contribution < 1.29 is 9.18 Å². The molecule has 2 heteroatoms. The van der Waals surface area contributed by atoms with Gasteiger partial charge in [0, 0.05) is 5.57 Å². The molecule has 0 amide bonds. The molecule has 0 aromatic rings. The Morgan fingerprint density at radius 1 is 1.33 bits per heavy atom. The van der Waals surface area contributed by atoms with Crippen molar-refractivity contribution in [3.05, 3.63) is 36.7 Å². The molecule has 0 heterocycles. The van der Waals surface area contributed by atoms with Crippen LogP contribution < -0.4 is 0 Å². The number of rotatable bonds is 3. The SMILES string of the molecule is C=C/C(F)=C(\C=C)C=O. The first-order valence-electron chi connectivity index (χ1n) is 2.36. The van der Waals surface area contributed by atoms with Gasteiger partial charge in [-0.2, -0.15) is 0 Å². The van der Waals surface area contributed by atoms with Crippen LogP contribution in [0.15, 0.2) is 36.7 Å². The zero-order chi connectivity index (χ0) is 7.28. The summed E-state index contributed by atoms with van der Waals surface area (Å²) in [5.41, 5.74) is -0.0648. The minimum Gasteiger partial charge on any atom is -0.298 e. The van der Waals surface area contributed by atoms with Crippen LogP contribution in [0.25, 0.3) is 0 Å². The van der Waals surface area contributed by atoms with E-state index in [0.29, 0.717) is 6.29 Å². The summed E-state index contributed by atoms with van der Waals surface area (Å²) < 4.78 is 12.3. The third kappa shape index (κ3) is 2.04. The maximum absolute atomic E-state index is 12.3. The first kappa shape index (κ1) is 7.82. The molecule has 0 aromatic carbocycles. The van der Waals surface area contributed by atoms with Crippen LogP contribution in [0.5, 0.6) is 0 Å². The predicted octanol–water partition coefficient (Wildman–Crippen LogP) is 1.78. The minimum absolute atomic E-state index is 0.0648. The fourth-order valence-electron chi connectivity index (χ4n) is 0.320. The van der Waals surface area contributed by atoms with Crippen molar-refractivity contribution >= 4 is 6.29 Å². The van der Waals surface area contributed by atoms with Gasteiger partial charge in [0.05, 0.1) is 0 Å². The highest BCUT2D eigenvalue weighted by atomic mass is 19.1. The maximum atomic E-state index is 12.3. The molecule has 0 N–H and O–H groups in total. The molecule has 9 heavy (non-hydrogen) atoms. The molecule has 0 saturated carbocycles. The lowest BCUT2D eigenvalue weighted by molar-refractivity contribution is -0.104. The second kappa shape index (κ2) is 3.78. The van der Waals surface area contributed by atoms with Crippen LogP contribution in [0.1, 0.15) is 0 Å². The van der Waals surface area contributed by atoms with E-state index in [9.17, 15) is 9.18 Å². The van der Waals surface area contributed by atoms with E-state index in [0.717, 1.165) is 12.2 Å². The van der Waals surface area contributed by atoms with Crippen molar-refractivity contribution in [3.63, 3.8) is 0 Å². The summed E-state index contributed by atoms with van der Waals surface area (Å²) in [6.45, 7) is 6.36. The number of halogens is 1. The number of allylic oxidation sites excluding steroid dienone is 4. The van der Waals surface area contributed by atoms with Crippen molar-refractivity contribution in [2.45, 2.75) is 0 Å². The molecule has 0 unspecified atom stereocenters. The Labute approximate surface area is 53.2 Å². The Balaban J connectivity index is 4.56. The molecule has 0 bridgehead atoms. The highest BCUT2D eigenvalue weighted by molar-refractivity contribution is 5.78. The number of hydrogen-bond acceptors (Lipinski definition) is 1. The molecule has 0 rings (SSSR count). The van der Waals surface area contributed by atoms with Gasteiger partial charge >= 0.3 is 0 Å². The lowest BCUT2D eigenvalue weighted by atomic mass is 10.2. The second-order valence-electron chi connectivity index (χ2n) is 1.33. The van der Waals surface area contributed by atoms with E-state index in [1.807, 2.05) is 0 Å². The van der Waals surface area contributed by atoms with Crippen LogP contribution in [-0.4, -0.2) is 6.29 Å². The van der Waals surface area contributed by atoms with Crippen LogP contribution >= 0.6 is 0 Å². The van der Waals surface area contributed by atoms with Gasteiger partial charge in [0.25, 0.3) is 0 Å². The molecular formula is C7H7FO. The lowest BCUT2D eigenvalue weighted by Gasteiger charge is -1.86. The topological polar surface area (TPSA) is 17.1 Å². The van der Waals surface area contributed by atoms with Gasteiger partial charge in [-0.05, 0) is 6.08 Å². The van der Waals surface area contributed by atoms with Crippen LogP contribution in [0, 0.1) is 0 Å². The van der Waals surface area contributed by atoms with Gasteiger partial charge in [-0.15, -0.1) is 0 Å². The van der Waals surface area contributed by atoms with Crippen molar-refractivity contribution in [2.24, 2.45) is 0 Å². The number of hydrogen-bond donors (Lipinski definition) is 0. The lowest BCUT2D eigenvalue weighted by Crippen LogP contribution is -1.80. The molecule has 0 atom stereocenters. The van der Waals surface area contributed by atoms with Crippen molar-refractivity contribution in [2.75, 3.05) is 0 Å². The van der Waals surface area contributed by atoms with Crippen LogP contribution in [0.4, 0.5) is 4.39 Å². The smallest absolute Gasteiger partial charge is 0.152 e. The summed E-state index contributed by atoms with van der Waals surface area (Å²) in [6.07, 6.45) is 2.50. The molecular weight excluding hydrogens is 119 g/mol. The summed E-state index contributed by atoms with van der Waals surface area (Å²) in [4.78, 5) is 9.92. The molecule has 0 aliphatic rings. The Morgan fingerprint density at radius 3 is 2.00 bits per heavy atom. The van der Waals surface area contributed by atoms with Gasteiger partial charge in [0.2, 0.25) is 0 Å². The zero-order valence-corrected chi connectivity index (χ0v) is 4.93. The summed E-state index contributed by atoms with van der Waals surface area (Å²) in [5.74, 6) is -0.639. The third-order valence-corrected chi connectivity index (χ3v) is 0.802. The Hall–Kier alpha value is -1.18. The highest BCUT2D eigenvalue weighted by Crippen LogP contribution is 2.04. The van der Waals surface area contributed by atoms with Crippen LogP contribution in [0.2, 0.25) is 0 Å². The summed E-state index contributed by atoms with van der Waals surface area (Å²) in [7, 11) is 0. The molecule has 0 spiro atoms. The Bertz CT molecular complexity index is 158. The van der Waals surface area contributed by atoms with Gasteiger partial charge in [-0.3, -0.25) is 4.79 Å². The molecule has 0 aliphatic carbocycles. The van der Waals surface area contributed by atoms with Crippen molar-refractivity contribution in [1.82, 2.24) is 0 Å². The fourth-order valence-corrected chi connectivity index (χ4v) is 0.320. The number of carbonyl (C=O) groups is 1. The highest BCUT2D eigenvalue weighted by Gasteiger charge is 1.94. The fraction of sp³-hybridized carbons (Fsp3) is 0. The first-order chi connectivity index (χ1) is 4.26. The number of aldehydes is 1. The van der Waals surface area contributed by atoms with Gasteiger partial charge in [-0.25, -0.2) is 4.39 Å². The molecule has 0 radical (unpaired) electrons. The molecule has 0 fully saturated rings. The van der Waals surface area contributed by atoms with Gasteiger partial charge in [0.15, 0.2) is 6.29 Å². The summed E-state index contributed by atoms with van der Waals surface area (Å²) >= 11 is 0. The molecule has 48 valence electrons. The first-order valence-corrected chi connectivity index (χ1v) is 2.36. The van der Waals surface area contributed by atoms with E-state index < -0.39 is 5.83 Å². The van der Waals surface area contributed by atoms with Crippen molar-refractivity contribution in [1.29, 1.82) is 0 Å². The maximum Gasteiger partial charge on any atom is 0.152 e.